The topological polar surface area (TPSA) is 44.8 Å². The molecule has 4 aliphatic rings. The Labute approximate surface area is 143 Å². The van der Waals surface area contributed by atoms with Crippen molar-refractivity contribution in [3.05, 3.63) is 36.5 Å². The van der Waals surface area contributed by atoms with Crippen molar-refractivity contribution in [2.24, 2.45) is 17.8 Å². The van der Waals surface area contributed by atoms with Gasteiger partial charge in [-0.3, -0.25) is 0 Å². The second-order valence-corrected chi connectivity index (χ2v) is 7.56. The Bertz CT molecular complexity index is 586. The molecular formula is C20H26O4. The van der Waals surface area contributed by atoms with E-state index in [4.69, 9.17) is 14.2 Å². The van der Waals surface area contributed by atoms with Gasteiger partial charge >= 0.3 is 5.97 Å². The van der Waals surface area contributed by atoms with E-state index in [0.717, 1.165) is 50.7 Å². The molecule has 4 heteroatoms. The number of allylic oxidation sites excluding steroid dienone is 1. The Morgan fingerprint density at radius 1 is 1.08 bits per heavy atom. The van der Waals surface area contributed by atoms with Gasteiger partial charge in [0.05, 0.1) is 6.10 Å². The van der Waals surface area contributed by atoms with Gasteiger partial charge in [0.25, 0.3) is 0 Å². The maximum Gasteiger partial charge on any atom is 0.334 e. The second-order valence-electron chi connectivity index (χ2n) is 7.56. The highest BCUT2D eigenvalue weighted by Crippen LogP contribution is 2.52. The highest BCUT2D eigenvalue weighted by atomic mass is 16.7. The zero-order chi connectivity index (χ0) is 16.8. The number of carbonyl (C=O) groups excluding carboxylic acids is 1. The van der Waals surface area contributed by atoms with Gasteiger partial charge < -0.3 is 14.2 Å². The van der Waals surface area contributed by atoms with Gasteiger partial charge in [0.2, 0.25) is 0 Å². The van der Waals surface area contributed by atoms with E-state index in [1.54, 1.807) is 0 Å². The molecule has 0 aromatic carbocycles. The minimum absolute atomic E-state index is 0.0360. The SMILES string of the molecule is C=C1[C@@H]2[C@H]3OC(=O)C(=C)[C@@H]3CCC(=C)[C@@H]2C[C@H]1OC1CCCCO1. The van der Waals surface area contributed by atoms with Gasteiger partial charge in [0.1, 0.15) is 6.10 Å². The number of esters is 1. The number of ether oxygens (including phenoxy) is 3. The molecule has 0 spiro atoms. The van der Waals surface area contributed by atoms with E-state index < -0.39 is 0 Å². The summed E-state index contributed by atoms with van der Waals surface area (Å²) in [4.78, 5) is 12.0. The van der Waals surface area contributed by atoms with Crippen molar-refractivity contribution < 1.29 is 19.0 Å². The van der Waals surface area contributed by atoms with Crippen molar-refractivity contribution in [2.75, 3.05) is 6.61 Å². The summed E-state index contributed by atoms with van der Waals surface area (Å²) in [6, 6.07) is 0. The number of hydrogen-bond acceptors (Lipinski definition) is 4. The molecule has 0 N–H and O–H groups in total. The molecule has 1 unspecified atom stereocenters. The normalized spacial score (nSPS) is 42.5. The zero-order valence-corrected chi connectivity index (χ0v) is 14.2. The van der Waals surface area contributed by atoms with E-state index >= 15 is 0 Å². The third-order valence-electron chi connectivity index (χ3n) is 6.20. The average Bonchev–Trinajstić information content (AvgIpc) is 2.99. The van der Waals surface area contributed by atoms with Crippen molar-refractivity contribution in [1.82, 2.24) is 0 Å². The van der Waals surface area contributed by atoms with Crippen molar-refractivity contribution in [2.45, 2.75) is 57.0 Å². The molecule has 24 heavy (non-hydrogen) atoms. The van der Waals surface area contributed by atoms with Crippen LogP contribution >= 0.6 is 0 Å². The lowest BCUT2D eigenvalue weighted by Crippen LogP contribution is -2.31. The van der Waals surface area contributed by atoms with Crippen molar-refractivity contribution in [3.8, 4) is 0 Å². The quantitative estimate of drug-likeness (QED) is 0.441. The highest BCUT2D eigenvalue weighted by Gasteiger charge is 2.53. The number of hydrogen-bond donors (Lipinski definition) is 0. The third kappa shape index (κ3) is 2.56. The molecule has 0 amide bonds. The van der Waals surface area contributed by atoms with Crippen LogP contribution in [0.15, 0.2) is 36.5 Å². The molecule has 0 radical (unpaired) electrons. The molecule has 0 aromatic rings. The molecule has 130 valence electrons. The van der Waals surface area contributed by atoms with Crippen LogP contribution in [0.3, 0.4) is 0 Å². The largest absolute Gasteiger partial charge is 0.458 e. The van der Waals surface area contributed by atoms with Crippen LogP contribution in [0.1, 0.15) is 38.5 Å². The Morgan fingerprint density at radius 3 is 2.67 bits per heavy atom. The van der Waals surface area contributed by atoms with Gasteiger partial charge in [-0.1, -0.05) is 25.3 Å². The van der Waals surface area contributed by atoms with Gasteiger partial charge in [-0.25, -0.2) is 4.79 Å². The lowest BCUT2D eigenvalue weighted by atomic mass is 9.82. The smallest absolute Gasteiger partial charge is 0.334 e. The Balaban J connectivity index is 1.55. The maximum atomic E-state index is 12.0. The Kier molecular flexibility index (Phi) is 4.13. The Hall–Kier alpha value is -1.39. The van der Waals surface area contributed by atoms with Gasteiger partial charge in [0.15, 0.2) is 6.29 Å². The van der Waals surface area contributed by atoms with Gasteiger partial charge in [-0.2, -0.15) is 0 Å². The van der Waals surface area contributed by atoms with Crippen LogP contribution < -0.4 is 0 Å². The van der Waals surface area contributed by atoms with Crippen LogP contribution in [0.5, 0.6) is 0 Å². The van der Waals surface area contributed by atoms with Crippen LogP contribution in [-0.4, -0.2) is 31.1 Å². The first-order valence-electron chi connectivity index (χ1n) is 9.09. The molecule has 2 aliphatic carbocycles. The van der Waals surface area contributed by atoms with Crippen LogP contribution in [0.2, 0.25) is 0 Å². The van der Waals surface area contributed by atoms with Crippen molar-refractivity contribution in [3.63, 3.8) is 0 Å². The second kappa shape index (κ2) is 6.16. The highest BCUT2D eigenvalue weighted by molar-refractivity contribution is 5.91. The fraction of sp³-hybridized carbons (Fsp3) is 0.650. The summed E-state index contributed by atoms with van der Waals surface area (Å²) >= 11 is 0. The van der Waals surface area contributed by atoms with Crippen LogP contribution in [-0.2, 0) is 19.0 Å². The fourth-order valence-corrected chi connectivity index (χ4v) is 4.83. The number of fused-ring (bicyclic) bond motifs is 3. The molecule has 4 nitrogen and oxygen atoms in total. The Morgan fingerprint density at radius 2 is 1.92 bits per heavy atom. The summed E-state index contributed by atoms with van der Waals surface area (Å²) in [6.45, 7) is 13.4. The molecule has 0 bridgehead atoms. The monoisotopic (exact) mass is 330 g/mol. The van der Waals surface area contributed by atoms with Crippen LogP contribution in [0.25, 0.3) is 0 Å². The predicted molar refractivity (Wildman–Crippen MR) is 90.1 cm³/mol. The summed E-state index contributed by atoms with van der Waals surface area (Å²) in [6.07, 6.45) is 5.56. The van der Waals surface area contributed by atoms with Gasteiger partial charge in [-0.05, 0) is 50.0 Å². The minimum Gasteiger partial charge on any atom is -0.458 e. The van der Waals surface area contributed by atoms with Crippen LogP contribution in [0, 0.1) is 17.8 Å². The van der Waals surface area contributed by atoms with Crippen molar-refractivity contribution in [1.29, 1.82) is 0 Å². The first-order valence-corrected chi connectivity index (χ1v) is 9.09. The molecule has 2 saturated carbocycles. The molecule has 2 heterocycles. The molecule has 6 atom stereocenters. The molecule has 2 aliphatic heterocycles. The molecular weight excluding hydrogens is 304 g/mol. The fourth-order valence-electron chi connectivity index (χ4n) is 4.83. The van der Waals surface area contributed by atoms with E-state index in [9.17, 15) is 4.79 Å². The summed E-state index contributed by atoms with van der Waals surface area (Å²) in [7, 11) is 0. The molecule has 4 fully saturated rings. The molecule has 2 saturated heterocycles. The lowest BCUT2D eigenvalue weighted by molar-refractivity contribution is -0.179. The van der Waals surface area contributed by atoms with E-state index in [1.165, 1.54) is 5.57 Å². The summed E-state index contributed by atoms with van der Waals surface area (Å²) in [5.74, 6) is 0.219. The van der Waals surface area contributed by atoms with Gasteiger partial charge in [0, 0.05) is 24.0 Å². The molecule has 4 rings (SSSR count). The van der Waals surface area contributed by atoms with E-state index in [2.05, 4.69) is 19.7 Å². The summed E-state index contributed by atoms with van der Waals surface area (Å²) in [5.41, 5.74) is 2.88. The standard InChI is InChI=1S/C20H26O4/c1-11-7-8-14-12(2)20(21)24-19(14)18-13(3)16(10-15(11)18)23-17-6-4-5-9-22-17/h14-19H,1-10H2/t14-,15-,16+,17?,18-,19-/m0/s1. The summed E-state index contributed by atoms with van der Waals surface area (Å²) < 4.78 is 17.7. The van der Waals surface area contributed by atoms with E-state index in [1.807, 2.05) is 0 Å². The zero-order valence-electron chi connectivity index (χ0n) is 14.2. The number of rotatable bonds is 2. The molecule has 0 aromatic heterocycles. The van der Waals surface area contributed by atoms with Crippen molar-refractivity contribution >= 4 is 5.97 Å². The average molecular weight is 330 g/mol. The van der Waals surface area contributed by atoms with E-state index in [-0.39, 0.29) is 42.2 Å². The lowest BCUT2D eigenvalue weighted by Gasteiger charge is -2.28. The predicted octanol–water partition coefficient (Wildman–Crippen LogP) is 3.54. The minimum atomic E-state index is -0.246. The van der Waals surface area contributed by atoms with Crippen LogP contribution in [0.4, 0.5) is 0 Å². The first kappa shape index (κ1) is 16.1. The van der Waals surface area contributed by atoms with Gasteiger partial charge in [-0.15, -0.1) is 0 Å². The van der Waals surface area contributed by atoms with E-state index in [0.29, 0.717) is 5.57 Å². The first-order chi connectivity index (χ1) is 11.6. The third-order valence-corrected chi connectivity index (χ3v) is 6.20. The summed E-state index contributed by atoms with van der Waals surface area (Å²) in [5, 5.41) is 0. The number of carbonyl (C=O) groups is 1. The maximum absolute atomic E-state index is 12.0.